The van der Waals surface area contributed by atoms with Crippen LogP contribution in [0.2, 0.25) is 0 Å². The van der Waals surface area contributed by atoms with Crippen LogP contribution in [0, 0.1) is 10.1 Å². The molecule has 2 fully saturated rings. The highest BCUT2D eigenvalue weighted by atomic mass is 16.8. The molecule has 3 rings (SSSR count). The van der Waals surface area contributed by atoms with Crippen LogP contribution < -0.4 is 0 Å². The molecule has 1 heterocycles. The summed E-state index contributed by atoms with van der Waals surface area (Å²) in [6.07, 6.45) is 0.861. The van der Waals surface area contributed by atoms with Crippen LogP contribution in [0.5, 0.6) is 0 Å². The molecular weight excluding hydrogens is 278 g/mol. The van der Waals surface area contributed by atoms with Gasteiger partial charge in [-0.3, -0.25) is 10.1 Å². The Morgan fingerprint density at radius 3 is 2.57 bits per heavy atom. The van der Waals surface area contributed by atoms with Gasteiger partial charge in [0.2, 0.25) is 0 Å². The molecule has 0 bridgehead atoms. The van der Waals surface area contributed by atoms with Gasteiger partial charge in [-0.25, -0.2) is 4.79 Å². The van der Waals surface area contributed by atoms with Crippen molar-refractivity contribution < 1.29 is 24.3 Å². The molecule has 0 amide bonds. The second-order valence-corrected chi connectivity index (χ2v) is 5.35. The predicted octanol–water partition coefficient (Wildman–Crippen LogP) is 2.41. The van der Waals surface area contributed by atoms with E-state index < -0.39 is 28.9 Å². The summed E-state index contributed by atoms with van der Waals surface area (Å²) in [7, 11) is 0. The van der Waals surface area contributed by atoms with E-state index in [2.05, 4.69) is 0 Å². The molecule has 1 aromatic carbocycles. The fraction of sp³-hybridized carbons (Fsp3) is 0.500. The van der Waals surface area contributed by atoms with Gasteiger partial charge in [-0.1, -0.05) is 12.1 Å². The molecule has 7 heteroatoms. The van der Waals surface area contributed by atoms with Crippen molar-refractivity contribution in [2.75, 3.05) is 0 Å². The third kappa shape index (κ3) is 2.38. The van der Waals surface area contributed by atoms with E-state index in [1.165, 1.54) is 12.1 Å². The van der Waals surface area contributed by atoms with E-state index in [1.807, 2.05) is 0 Å². The lowest BCUT2D eigenvalue weighted by Gasteiger charge is -2.21. The van der Waals surface area contributed by atoms with Gasteiger partial charge in [0.15, 0.2) is 11.9 Å². The average Bonchev–Trinajstić information content (AvgIpc) is 3.07. The molecule has 0 aromatic heterocycles. The zero-order valence-electron chi connectivity index (χ0n) is 11.2. The lowest BCUT2D eigenvalue weighted by molar-refractivity contribution is -0.386. The number of nitro groups is 1. The first-order valence-corrected chi connectivity index (χ1v) is 6.84. The molecule has 1 spiro atoms. The number of benzene rings is 1. The third-order valence-electron chi connectivity index (χ3n) is 4.01. The minimum absolute atomic E-state index is 0.146. The minimum atomic E-state index is -1.22. The lowest BCUT2D eigenvalue weighted by Crippen LogP contribution is -2.29. The van der Waals surface area contributed by atoms with E-state index in [1.54, 1.807) is 12.1 Å². The normalized spacial score (nSPS) is 27.0. The Morgan fingerprint density at radius 2 is 1.95 bits per heavy atom. The molecule has 112 valence electrons. The summed E-state index contributed by atoms with van der Waals surface area (Å²) in [5.74, 6) is -2.07. The highest BCUT2D eigenvalue weighted by Crippen LogP contribution is 2.48. The van der Waals surface area contributed by atoms with Gasteiger partial charge in [-0.05, 0) is 18.9 Å². The SMILES string of the molecule is O=C(O)[C@@H]1OC2(CCCC2)O[C@H]1c1ccccc1[N+](=O)[O-]. The molecular formula is C14H15NO6. The van der Waals surface area contributed by atoms with E-state index in [-0.39, 0.29) is 11.3 Å². The number of para-hydroxylation sites is 1. The molecule has 0 unspecified atom stereocenters. The molecule has 1 saturated heterocycles. The average molecular weight is 293 g/mol. The van der Waals surface area contributed by atoms with Crippen LogP contribution >= 0.6 is 0 Å². The second-order valence-electron chi connectivity index (χ2n) is 5.35. The lowest BCUT2D eigenvalue weighted by atomic mass is 10.0. The van der Waals surface area contributed by atoms with Crippen molar-refractivity contribution in [3.05, 3.63) is 39.9 Å². The third-order valence-corrected chi connectivity index (χ3v) is 4.01. The standard InChI is InChI=1S/C14H15NO6/c16-13(17)12-11(20-14(21-12)7-3-4-8-14)9-5-1-2-6-10(9)15(18)19/h1-2,5-6,11-12H,3-4,7-8H2,(H,16,17)/t11-,12+/m0/s1. The maximum absolute atomic E-state index is 11.4. The molecule has 7 nitrogen and oxygen atoms in total. The topological polar surface area (TPSA) is 98.9 Å². The van der Waals surface area contributed by atoms with Crippen molar-refractivity contribution in [1.82, 2.24) is 0 Å². The summed E-state index contributed by atoms with van der Waals surface area (Å²) in [6, 6.07) is 6.04. The fourth-order valence-electron chi connectivity index (χ4n) is 3.06. The van der Waals surface area contributed by atoms with Crippen LogP contribution in [0.3, 0.4) is 0 Å². The number of hydrogen-bond donors (Lipinski definition) is 1. The van der Waals surface area contributed by atoms with Crippen molar-refractivity contribution in [3.8, 4) is 0 Å². The summed E-state index contributed by atoms with van der Waals surface area (Å²) in [4.78, 5) is 22.0. The van der Waals surface area contributed by atoms with Crippen molar-refractivity contribution in [2.24, 2.45) is 0 Å². The summed E-state index contributed by atoms with van der Waals surface area (Å²) in [6.45, 7) is 0. The van der Waals surface area contributed by atoms with Crippen LogP contribution in [0.25, 0.3) is 0 Å². The van der Waals surface area contributed by atoms with Crippen molar-refractivity contribution in [1.29, 1.82) is 0 Å². The van der Waals surface area contributed by atoms with E-state index in [4.69, 9.17) is 9.47 Å². The Balaban J connectivity index is 2.00. The number of hydrogen-bond acceptors (Lipinski definition) is 5. The van der Waals surface area contributed by atoms with Crippen molar-refractivity contribution in [2.45, 2.75) is 43.7 Å². The summed E-state index contributed by atoms with van der Waals surface area (Å²) in [5.41, 5.74) is 0.103. The number of carboxylic acids is 1. The fourth-order valence-corrected chi connectivity index (χ4v) is 3.06. The highest BCUT2D eigenvalue weighted by Gasteiger charge is 2.53. The van der Waals surface area contributed by atoms with E-state index in [0.717, 1.165) is 12.8 Å². The Hall–Kier alpha value is -1.99. The Kier molecular flexibility index (Phi) is 3.38. The number of nitrogens with zero attached hydrogens (tertiary/aromatic N) is 1. The molecule has 1 aromatic rings. The van der Waals surface area contributed by atoms with Gasteiger partial charge in [0.1, 0.15) is 6.10 Å². The zero-order valence-corrected chi connectivity index (χ0v) is 11.2. The van der Waals surface area contributed by atoms with E-state index in [0.29, 0.717) is 12.8 Å². The number of carbonyl (C=O) groups is 1. The predicted molar refractivity (Wildman–Crippen MR) is 70.6 cm³/mol. The Morgan fingerprint density at radius 1 is 1.29 bits per heavy atom. The van der Waals surface area contributed by atoms with Crippen LogP contribution in [-0.2, 0) is 14.3 Å². The number of nitro benzene ring substituents is 1. The monoisotopic (exact) mass is 293 g/mol. The maximum Gasteiger partial charge on any atom is 0.336 e. The molecule has 2 aliphatic rings. The van der Waals surface area contributed by atoms with Gasteiger partial charge in [0, 0.05) is 18.9 Å². The molecule has 1 aliphatic heterocycles. The number of carboxylic acid groups (broad SMARTS) is 1. The van der Waals surface area contributed by atoms with Crippen molar-refractivity contribution >= 4 is 11.7 Å². The van der Waals surface area contributed by atoms with Crippen LogP contribution in [0.15, 0.2) is 24.3 Å². The molecule has 1 N–H and O–H groups in total. The first-order valence-electron chi connectivity index (χ1n) is 6.84. The van der Waals surface area contributed by atoms with Gasteiger partial charge in [-0.2, -0.15) is 0 Å². The van der Waals surface area contributed by atoms with Crippen LogP contribution in [-0.4, -0.2) is 27.9 Å². The first-order chi connectivity index (χ1) is 10.0. The summed E-state index contributed by atoms with van der Waals surface area (Å²) in [5, 5.41) is 20.5. The van der Waals surface area contributed by atoms with Crippen LogP contribution in [0.4, 0.5) is 5.69 Å². The summed E-state index contributed by atoms with van der Waals surface area (Å²) < 4.78 is 11.5. The summed E-state index contributed by atoms with van der Waals surface area (Å²) >= 11 is 0. The van der Waals surface area contributed by atoms with Crippen LogP contribution in [0.1, 0.15) is 37.4 Å². The molecule has 1 aliphatic carbocycles. The number of ether oxygens (including phenoxy) is 2. The first kappa shape index (κ1) is 14.0. The molecule has 0 radical (unpaired) electrons. The smallest absolute Gasteiger partial charge is 0.336 e. The van der Waals surface area contributed by atoms with Gasteiger partial charge < -0.3 is 14.6 Å². The second kappa shape index (κ2) is 5.09. The molecule has 2 atom stereocenters. The van der Waals surface area contributed by atoms with Gasteiger partial charge in [-0.15, -0.1) is 0 Å². The molecule has 21 heavy (non-hydrogen) atoms. The largest absolute Gasteiger partial charge is 0.479 e. The molecule has 1 saturated carbocycles. The van der Waals surface area contributed by atoms with Crippen molar-refractivity contribution in [3.63, 3.8) is 0 Å². The maximum atomic E-state index is 11.4. The van der Waals surface area contributed by atoms with E-state index in [9.17, 15) is 20.0 Å². The quantitative estimate of drug-likeness (QED) is 0.678. The minimum Gasteiger partial charge on any atom is -0.479 e. The van der Waals surface area contributed by atoms with Gasteiger partial charge in [0.05, 0.1) is 10.5 Å². The Bertz CT molecular complexity index is 581. The highest BCUT2D eigenvalue weighted by molar-refractivity contribution is 5.74. The Labute approximate surface area is 120 Å². The zero-order chi connectivity index (χ0) is 15.0. The van der Waals surface area contributed by atoms with Gasteiger partial charge >= 0.3 is 5.97 Å². The number of aliphatic carboxylic acids is 1. The van der Waals surface area contributed by atoms with Gasteiger partial charge in [0.25, 0.3) is 5.69 Å². The van der Waals surface area contributed by atoms with E-state index >= 15 is 0 Å². The number of rotatable bonds is 3.